The first-order valence-corrected chi connectivity index (χ1v) is 8.40. The molecule has 1 aromatic carbocycles. The van der Waals surface area contributed by atoms with Crippen molar-refractivity contribution in [2.45, 2.75) is 37.3 Å². The monoisotopic (exact) mass is 298 g/mol. The smallest absolute Gasteiger partial charge is 0.238 e. The summed E-state index contributed by atoms with van der Waals surface area (Å²) in [5.74, 6) is 0.513. The average Bonchev–Trinajstić information content (AvgIpc) is 2.81. The Hall–Kier alpha value is -0.950. The van der Waals surface area contributed by atoms with Gasteiger partial charge in [0, 0.05) is 19.2 Å². The highest BCUT2D eigenvalue weighted by Gasteiger charge is 2.24. The van der Waals surface area contributed by atoms with Gasteiger partial charge in [0.2, 0.25) is 10.0 Å². The van der Waals surface area contributed by atoms with Crippen molar-refractivity contribution in [2.24, 2.45) is 11.1 Å². The van der Waals surface area contributed by atoms with Crippen LogP contribution in [0.2, 0.25) is 0 Å². The fourth-order valence-electron chi connectivity index (χ4n) is 2.45. The second-order valence-corrected chi connectivity index (χ2v) is 6.93. The van der Waals surface area contributed by atoms with E-state index in [9.17, 15) is 8.42 Å². The fraction of sp³-hybridized carbons (Fsp3) is 0.571. The summed E-state index contributed by atoms with van der Waals surface area (Å²) in [6.07, 6.45) is 1.35. The zero-order valence-corrected chi connectivity index (χ0v) is 12.7. The average molecular weight is 298 g/mol. The molecule has 0 saturated carbocycles. The molecule has 112 valence electrons. The van der Waals surface area contributed by atoms with Crippen LogP contribution in [0.25, 0.3) is 0 Å². The molecule has 20 heavy (non-hydrogen) atoms. The first kappa shape index (κ1) is 15.4. The molecule has 0 amide bonds. The number of hydrogen-bond acceptors (Lipinski definition) is 4. The van der Waals surface area contributed by atoms with Gasteiger partial charge in [-0.3, -0.25) is 0 Å². The topological polar surface area (TPSA) is 81.4 Å². The molecule has 2 rings (SSSR count). The van der Waals surface area contributed by atoms with E-state index in [0.717, 1.165) is 25.1 Å². The molecule has 5 nitrogen and oxygen atoms in total. The largest absolute Gasteiger partial charge is 0.378 e. The standard InChI is InChI=1S/C14H22N2O3S/c1-10(16-9-13-6-7-19-11(13)2)12-4-3-5-14(8-12)20(15,17)18/h3-5,8,10-11,13,16H,6-7,9H2,1-2H3,(H2,15,17,18). The Balaban J connectivity index is 2.00. The highest BCUT2D eigenvalue weighted by molar-refractivity contribution is 7.89. The molecule has 0 aromatic heterocycles. The van der Waals surface area contributed by atoms with Gasteiger partial charge in [-0.05, 0) is 43.9 Å². The van der Waals surface area contributed by atoms with Crippen molar-refractivity contribution in [3.63, 3.8) is 0 Å². The third-order valence-electron chi connectivity index (χ3n) is 3.91. The van der Waals surface area contributed by atoms with Gasteiger partial charge in [0.05, 0.1) is 11.0 Å². The zero-order valence-electron chi connectivity index (χ0n) is 11.9. The van der Waals surface area contributed by atoms with Crippen LogP contribution in [0.15, 0.2) is 29.2 Å². The molecular formula is C14H22N2O3S. The molecule has 3 N–H and O–H groups in total. The van der Waals surface area contributed by atoms with Crippen LogP contribution in [0.5, 0.6) is 0 Å². The molecule has 3 unspecified atom stereocenters. The van der Waals surface area contributed by atoms with Gasteiger partial charge in [0.15, 0.2) is 0 Å². The molecule has 3 atom stereocenters. The maximum atomic E-state index is 11.4. The van der Waals surface area contributed by atoms with Crippen molar-refractivity contribution in [3.05, 3.63) is 29.8 Å². The van der Waals surface area contributed by atoms with Crippen LogP contribution in [0.3, 0.4) is 0 Å². The van der Waals surface area contributed by atoms with Crippen molar-refractivity contribution >= 4 is 10.0 Å². The molecule has 1 fully saturated rings. The Morgan fingerprint density at radius 3 is 2.85 bits per heavy atom. The summed E-state index contributed by atoms with van der Waals surface area (Å²) in [4.78, 5) is 0.154. The second-order valence-electron chi connectivity index (χ2n) is 5.37. The summed E-state index contributed by atoms with van der Waals surface area (Å²) in [5.41, 5.74) is 0.920. The Morgan fingerprint density at radius 1 is 1.50 bits per heavy atom. The first-order chi connectivity index (χ1) is 9.38. The van der Waals surface area contributed by atoms with E-state index in [1.54, 1.807) is 12.1 Å². The lowest BCUT2D eigenvalue weighted by Crippen LogP contribution is -2.29. The van der Waals surface area contributed by atoms with Crippen LogP contribution in [-0.4, -0.2) is 27.7 Å². The minimum atomic E-state index is -3.65. The predicted octanol–water partition coefficient (Wildman–Crippen LogP) is 1.41. The fourth-order valence-corrected chi connectivity index (χ4v) is 3.02. The zero-order chi connectivity index (χ0) is 14.8. The van der Waals surface area contributed by atoms with Crippen LogP contribution < -0.4 is 10.5 Å². The number of rotatable bonds is 5. The lowest BCUT2D eigenvalue weighted by Gasteiger charge is -2.19. The minimum Gasteiger partial charge on any atom is -0.378 e. The van der Waals surface area contributed by atoms with Gasteiger partial charge in [0.1, 0.15) is 0 Å². The van der Waals surface area contributed by atoms with Crippen molar-refractivity contribution in [2.75, 3.05) is 13.2 Å². The Labute approximate surface area is 120 Å². The van der Waals surface area contributed by atoms with Crippen molar-refractivity contribution in [1.29, 1.82) is 0 Å². The van der Waals surface area contributed by atoms with Crippen LogP contribution in [0, 0.1) is 5.92 Å². The van der Waals surface area contributed by atoms with Gasteiger partial charge in [-0.25, -0.2) is 13.6 Å². The molecule has 0 radical (unpaired) electrons. The van der Waals surface area contributed by atoms with E-state index in [4.69, 9.17) is 9.88 Å². The number of hydrogen-bond donors (Lipinski definition) is 2. The van der Waals surface area contributed by atoms with Gasteiger partial charge < -0.3 is 10.1 Å². The van der Waals surface area contributed by atoms with E-state index in [2.05, 4.69) is 12.2 Å². The molecule has 0 bridgehead atoms. The quantitative estimate of drug-likeness (QED) is 0.861. The molecular weight excluding hydrogens is 276 g/mol. The molecule has 0 aliphatic carbocycles. The van der Waals surface area contributed by atoms with Crippen molar-refractivity contribution in [3.8, 4) is 0 Å². The molecule has 1 heterocycles. The molecule has 1 aromatic rings. The maximum absolute atomic E-state index is 11.4. The lowest BCUT2D eigenvalue weighted by atomic mass is 10.0. The van der Waals surface area contributed by atoms with E-state index in [1.165, 1.54) is 6.07 Å². The molecule has 6 heteroatoms. The van der Waals surface area contributed by atoms with Crippen LogP contribution in [0.1, 0.15) is 31.9 Å². The molecule has 1 aliphatic heterocycles. The first-order valence-electron chi connectivity index (χ1n) is 6.85. The van der Waals surface area contributed by atoms with E-state index in [-0.39, 0.29) is 17.0 Å². The Kier molecular flexibility index (Phi) is 4.80. The SMILES string of the molecule is CC(NCC1CCOC1C)c1cccc(S(N)(=O)=O)c1. The van der Waals surface area contributed by atoms with Crippen molar-refractivity contribution in [1.82, 2.24) is 5.32 Å². The maximum Gasteiger partial charge on any atom is 0.238 e. The highest BCUT2D eigenvalue weighted by atomic mass is 32.2. The number of sulfonamides is 1. The summed E-state index contributed by atoms with van der Waals surface area (Å²) in [6, 6.07) is 6.83. The van der Waals surface area contributed by atoms with Gasteiger partial charge >= 0.3 is 0 Å². The third kappa shape index (κ3) is 3.79. The van der Waals surface area contributed by atoms with E-state index < -0.39 is 10.0 Å². The van der Waals surface area contributed by atoms with Gasteiger partial charge in [0.25, 0.3) is 0 Å². The summed E-state index contributed by atoms with van der Waals surface area (Å²) >= 11 is 0. The summed E-state index contributed by atoms with van der Waals surface area (Å²) in [6.45, 7) is 5.79. The molecule has 0 spiro atoms. The van der Waals surface area contributed by atoms with Gasteiger partial charge in [-0.2, -0.15) is 0 Å². The normalized spacial score (nSPS) is 24.8. The minimum absolute atomic E-state index is 0.0736. The van der Waals surface area contributed by atoms with Crippen LogP contribution >= 0.6 is 0 Å². The summed E-state index contributed by atoms with van der Waals surface area (Å²) in [5, 5.41) is 8.59. The summed E-state index contributed by atoms with van der Waals surface area (Å²) < 4.78 is 28.2. The third-order valence-corrected chi connectivity index (χ3v) is 4.82. The van der Waals surface area contributed by atoms with Gasteiger partial charge in [-0.15, -0.1) is 0 Å². The predicted molar refractivity (Wildman–Crippen MR) is 77.8 cm³/mol. The Bertz CT molecular complexity index is 559. The Morgan fingerprint density at radius 2 is 2.25 bits per heavy atom. The lowest BCUT2D eigenvalue weighted by molar-refractivity contribution is 0.105. The van der Waals surface area contributed by atoms with Crippen LogP contribution in [-0.2, 0) is 14.8 Å². The molecule has 1 aliphatic rings. The van der Waals surface area contributed by atoms with E-state index in [1.807, 2.05) is 13.0 Å². The number of ether oxygens (including phenoxy) is 1. The molecule has 1 saturated heterocycles. The van der Waals surface area contributed by atoms with Crippen LogP contribution in [0.4, 0.5) is 0 Å². The van der Waals surface area contributed by atoms with E-state index in [0.29, 0.717) is 5.92 Å². The number of nitrogens with one attached hydrogen (secondary N) is 1. The highest BCUT2D eigenvalue weighted by Crippen LogP contribution is 2.21. The number of primary sulfonamides is 1. The van der Waals surface area contributed by atoms with E-state index >= 15 is 0 Å². The number of nitrogens with two attached hydrogens (primary N) is 1. The number of benzene rings is 1. The van der Waals surface area contributed by atoms with Gasteiger partial charge in [-0.1, -0.05) is 12.1 Å². The summed E-state index contributed by atoms with van der Waals surface area (Å²) in [7, 11) is -3.65. The second kappa shape index (κ2) is 6.22. The van der Waals surface area contributed by atoms with Crippen molar-refractivity contribution < 1.29 is 13.2 Å².